The summed E-state index contributed by atoms with van der Waals surface area (Å²) in [7, 11) is 0. The van der Waals surface area contributed by atoms with E-state index in [9.17, 15) is 13.6 Å². The second kappa shape index (κ2) is 7.40. The topological polar surface area (TPSA) is 29.1 Å². The fourth-order valence-electron chi connectivity index (χ4n) is 1.99. The molecule has 1 N–H and O–H groups in total. The summed E-state index contributed by atoms with van der Waals surface area (Å²) >= 11 is 1.44. The number of thioether (sulfide) groups is 1. The first-order valence-corrected chi connectivity index (χ1v) is 8.00. The first-order chi connectivity index (χ1) is 10.5. The van der Waals surface area contributed by atoms with Gasteiger partial charge in [-0.05, 0) is 37.1 Å². The van der Waals surface area contributed by atoms with Crippen molar-refractivity contribution in [2.75, 3.05) is 11.1 Å². The Kier molecular flexibility index (Phi) is 5.55. The highest BCUT2D eigenvalue weighted by Gasteiger charge is 2.09. The van der Waals surface area contributed by atoms with Crippen molar-refractivity contribution in [3.05, 3.63) is 64.7 Å². The molecule has 0 unspecified atom stereocenters. The number of halogens is 2. The molecule has 0 aliphatic heterocycles. The predicted octanol–water partition coefficient (Wildman–Crippen LogP) is 4.45. The zero-order chi connectivity index (χ0) is 16.1. The molecule has 0 fully saturated rings. The fourth-order valence-corrected chi connectivity index (χ4v) is 2.88. The van der Waals surface area contributed by atoms with Gasteiger partial charge in [-0.2, -0.15) is 0 Å². The molecule has 0 aliphatic rings. The number of amides is 1. The van der Waals surface area contributed by atoms with E-state index in [4.69, 9.17) is 0 Å². The summed E-state index contributed by atoms with van der Waals surface area (Å²) in [4.78, 5) is 11.8. The zero-order valence-corrected chi connectivity index (χ0v) is 13.3. The van der Waals surface area contributed by atoms with Crippen LogP contribution in [0.5, 0.6) is 0 Å². The van der Waals surface area contributed by atoms with E-state index in [-0.39, 0.29) is 17.3 Å². The van der Waals surface area contributed by atoms with Crippen LogP contribution in [-0.2, 0) is 10.5 Å². The summed E-state index contributed by atoms with van der Waals surface area (Å²) in [6.45, 7) is 4.05. The second-order valence-corrected chi connectivity index (χ2v) is 6.08. The Labute approximate surface area is 132 Å². The Bertz CT molecular complexity index is 688. The molecule has 2 aromatic carbocycles. The van der Waals surface area contributed by atoms with Crippen molar-refractivity contribution in [2.24, 2.45) is 0 Å². The molecule has 2 rings (SSSR count). The standard InChI is InChI=1S/C17H17F2NOS/c1-11-3-4-12(2)13(7-11)9-22-10-17(21)20-16-8-14(18)5-6-15(16)19/h3-8H,9-10H2,1-2H3,(H,20,21). The molecule has 1 amide bonds. The van der Waals surface area contributed by atoms with Gasteiger partial charge in [-0.15, -0.1) is 11.8 Å². The molecule has 0 bridgehead atoms. The van der Waals surface area contributed by atoms with E-state index >= 15 is 0 Å². The lowest BCUT2D eigenvalue weighted by Crippen LogP contribution is -2.15. The molecule has 0 spiro atoms. The SMILES string of the molecule is Cc1ccc(C)c(CSCC(=O)Nc2cc(F)ccc2F)c1. The molecule has 0 saturated heterocycles. The smallest absolute Gasteiger partial charge is 0.234 e. The maximum Gasteiger partial charge on any atom is 0.234 e. The number of rotatable bonds is 5. The molecule has 0 saturated carbocycles. The van der Waals surface area contributed by atoms with Gasteiger partial charge in [0.1, 0.15) is 11.6 Å². The molecule has 2 aromatic rings. The maximum atomic E-state index is 13.4. The van der Waals surface area contributed by atoms with Crippen molar-refractivity contribution in [3.63, 3.8) is 0 Å². The van der Waals surface area contributed by atoms with E-state index in [1.54, 1.807) is 0 Å². The summed E-state index contributed by atoms with van der Waals surface area (Å²) in [6.07, 6.45) is 0. The first-order valence-electron chi connectivity index (χ1n) is 6.84. The fraction of sp³-hybridized carbons (Fsp3) is 0.235. The first kappa shape index (κ1) is 16.5. The Morgan fingerprint density at radius 3 is 2.68 bits per heavy atom. The molecule has 0 atom stereocenters. The van der Waals surface area contributed by atoms with Crippen molar-refractivity contribution in [1.82, 2.24) is 0 Å². The quantitative estimate of drug-likeness (QED) is 0.881. The van der Waals surface area contributed by atoms with Crippen molar-refractivity contribution in [1.29, 1.82) is 0 Å². The number of hydrogen-bond donors (Lipinski definition) is 1. The van der Waals surface area contributed by atoms with Gasteiger partial charge in [-0.3, -0.25) is 4.79 Å². The monoisotopic (exact) mass is 321 g/mol. The van der Waals surface area contributed by atoms with E-state index in [0.29, 0.717) is 5.75 Å². The minimum absolute atomic E-state index is 0.127. The van der Waals surface area contributed by atoms with Gasteiger partial charge in [-0.25, -0.2) is 8.78 Å². The zero-order valence-electron chi connectivity index (χ0n) is 12.5. The normalized spacial score (nSPS) is 10.5. The number of anilines is 1. The number of carbonyl (C=O) groups is 1. The third-order valence-corrected chi connectivity index (χ3v) is 4.18. The number of carbonyl (C=O) groups excluding carboxylic acids is 1. The third-order valence-electron chi connectivity index (χ3n) is 3.20. The van der Waals surface area contributed by atoms with Crippen LogP contribution in [0.25, 0.3) is 0 Å². The Morgan fingerprint density at radius 2 is 1.91 bits per heavy atom. The van der Waals surface area contributed by atoms with E-state index in [1.165, 1.54) is 28.5 Å². The molecule has 116 valence electrons. The molecule has 22 heavy (non-hydrogen) atoms. The maximum absolute atomic E-state index is 13.4. The second-order valence-electron chi connectivity index (χ2n) is 5.10. The molecule has 0 aliphatic carbocycles. The van der Waals surface area contributed by atoms with Crippen LogP contribution in [0.4, 0.5) is 14.5 Å². The summed E-state index contributed by atoms with van der Waals surface area (Å²) in [5, 5.41) is 2.39. The Morgan fingerprint density at radius 1 is 1.14 bits per heavy atom. The summed E-state index contributed by atoms with van der Waals surface area (Å²) < 4.78 is 26.5. The highest BCUT2D eigenvalue weighted by atomic mass is 32.2. The lowest BCUT2D eigenvalue weighted by Gasteiger charge is -2.08. The molecular formula is C17H17F2NOS. The summed E-state index contributed by atoms with van der Waals surface area (Å²) in [6, 6.07) is 9.17. The van der Waals surface area contributed by atoms with Crippen LogP contribution in [0.15, 0.2) is 36.4 Å². The van der Waals surface area contributed by atoms with Crippen LogP contribution < -0.4 is 5.32 Å². The van der Waals surface area contributed by atoms with E-state index in [0.717, 1.165) is 18.2 Å². The van der Waals surface area contributed by atoms with Crippen LogP contribution in [0.1, 0.15) is 16.7 Å². The molecule has 2 nitrogen and oxygen atoms in total. The van der Waals surface area contributed by atoms with Crippen LogP contribution in [0, 0.1) is 25.5 Å². The van der Waals surface area contributed by atoms with Crippen molar-refractivity contribution in [2.45, 2.75) is 19.6 Å². The van der Waals surface area contributed by atoms with Gasteiger partial charge >= 0.3 is 0 Å². The largest absolute Gasteiger partial charge is 0.323 e. The molecule has 0 radical (unpaired) electrons. The van der Waals surface area contributed by atoms with E-state index in [1.807, 2.05) is 26.0 Å². The van der Waals surface area contributed by atoms with Gasteiger partial charge in [0, 0.05) is 11.8 Å². The Balaban J connectivity index is 1.88. The van der Waals surface area contributed by atoms with Gasteiger partial charge in [-0.1, -0.05) is 23.8 Å². The minimum atomic E-state index is -0.644. The van der Waals surface area contributed by atoms with Crippen LogP contribution in [0.2, 0.25) is 0 Å². The van der Waals surface area contributed by atoms with Gasteiger partial charge in [0.05, 0.1) is 11.4 Å². The summed E-state index contributed by atoms with van der Waals surface area (Å²) in [5.74, 6) is -0.690. The van der Waals surface area contributed by atoms with E-state index in [2.05, 4.69) is 11.4 Å². The lowest BCUT2D eigenvalue weighted by molar-refractivity contribution is -0.113. The minimum Gasteiger partial charge on any atom is -0.323 e. The molecular weight excluding hydrogens is 304 g/mol. The van der Waals surface area contributed by atoms with Gasteiger partial charge in [0.2, 0.25) is 5.91 Å². The van der Waals surface area contributed by atoms with E-state index < -0.39 is 11.6 Å². The number of aryl methyl sites for hydroxylation is 2. The predicted molar refractivity (Wildman–Crippen MR) is 87.1 cm³/mol. The summed E-state index contributed by atoms with van der Waals surface area (Å²) in [5.41, 5.74) is 3.40. The van der Waals surface area contributed by atoms with Gasteiger partial charge < -0.3 is 5.32 Å². The number of hydrogen-bond acceptors (Lipinski definition) is 2. The molecule has 0 aromatic heterocycles. The van der Waals surface area contributed by atoms with Crippen LogP contribution in [-0.4, -0.2) is 11.7 Å². The third kappa shape index (κ3) is 4.56. The average Bonchev–Trinajstić information content (AvgIpc) is 2.46. The highest BCUT2D eigenvalue weighted by molar-refractivity contribution is 7.99. The average molecular weight is 321 g/mol. The molecule has 5 heteroatoms. The Hall–Kier alpha value is -1.88. The molecule has 0 heterocycles. The van der Waals surface area contributed by atoms with Gasteiger partial charge in [0.25, 0.3) is 0 Å². The number of benzene rings is 2. The van der Waals surface area contributed by atoms with Gasteiger partial charge in [0.15, 0.2) is 0 Å². The van der Waals surface area contributed by atoms with Crippen LogP contribution in [0.3, 0.4) is 0 Å². The number of nitrogens with one attached hydrogen (secondary N) is 1. The van der Waals surface area contributed by atoms with Crippen molar-refractivity contribution < 1.29 is 13.6 Å². The van der Waals surface area contributed by atoms with Crippen molar-refractivity contribution >= 4 is 23.4 Å². The van der Waals surface area contributed by atoms with Crippen molar-refractivity contribution in [3.8, 4) is 0 Å². The lowest BCUT2D eigenvalue weighted by atomic mass is 10.1. The highest BCUT2D eigenvalue weighted by Crippen LogP contribution is 2.19. The van der Waals surface area contributed by atoms with Crippen LogP contribution >= 0.6 is 11.8 Å².